The molecule has 0 saturated heterocycles. The summed E-state index contributed by atoms with van der Waals surface area (Å²) in [5.74, 6) is 1.87. The van der Waals surface area contributed by atoms with Gasteiger partial charge in [0.2, 0.25) is 0 Å². The number of benzene rings is 2. The van der Waals surface area contributed by atoms with Crippen LogP contribution in [-0.2, 0) is 19.6 Å². The second-order valence-electron chi connectivity index (χ2n) is 6.70. The third kappa shape index (κ3) is 6.93. The number of hydrogen-bond acceptors (Lipinski definition) is 4. The Morgan fingerprint density at radius 1 is 1.13 bits per heavy atom. The van der Waals surface area contributed by atoms with Crippen LogP contribution in [0, 0.1) is 0 Å². The molecule has 0 unspecified atom stereocenters. The Bertz CT molecular complexity index is 964. The fourth-order valence-electron chi connectivity index (χ4n) is 2.98. The summed E-state index contributed by atoms with van der Waals surface area (Å²) in [4.78, 5) is 6.67. The van der Waals surface area contributed by atoms with Crippen LogP contribution in [-0.4, -0.2) is 25.0 Å². The van der Waals surface area contributed by atoms with Crippen molar-refractivity contribution in [2.24, 2.45) is 10.7 Å². The Balaban J connectivity index is 0.00000320. The van der Waals surface area contributed by atoms with Gasteiger partial charge in [-0.3, -0.25) is 4.90 Å². The quantitative estimate of drug-likeness (QED) is 0.236. The van der Waals surface area contributed by atoms with Crippen LogP contribution in [0.25, 0.3) is 0 Å². The smallest absolute Gasteiger partial charge is 0.193 e. The minimum Gasteiger partial charge on any atom is -0.495 e. The molecule has 0 spiro atoms. The molecule has 2 aromatic carbocycles. The van der Waals surface area contributed by atoms with Gasteiger partial charge in [-0.1, -0.05) is 35.9 Å². The number of halogens is 2. The van der Waals surface area contributed by atoms with E-state index in [1.807, 2.05) is 30.3 Å². The molecule has 1 heterocycles. The van der Waals surface area contributed by atoms with Crippen molar-refractivity contribution in [1.82, 2.24) is 4.90 Å². The minimum atomic E-state index is 0. The van der Waals surface area contributed by atoms with Crippen molar-refractivity contribution in [1.29, 1.82) is 0 Å². The van der Waals surface area contributed by atoms with Crippen LogP contribution in [0.15, 0.2) is 70.3 Å². The van der Waals surface area contributed by atoms with Gasteiger partial charge in [-0.25, -0.2) is 4.99 Å². The molecule has 0 saturated carbocycles. The highest BCUT2D eigenvalue weighted by atomic mass is 127. The highest BCUT2D eigenvalue weighted by Crippen LogP contribution is 2.27. The number of nitrogens with one attached hydrogen (secondary N) is 1. The highest BCUT2D eigenvalue weighted by Gasteiger charge is 2.08. The number of nitrogens with two attached hydrogens (primary N) is 1. The van der Waals surface area contributed by atoms with Gasteiger partial charge in [-0.05, 0) is 48.5 Å². The first kappa shape index (κ1) is 24.0. The molecule has 3 aromatic rings. The summed E-state index contributed by atoms with van der Waals surface area (Å²) in [6.07, 6.45) is 1.69. The van der Waals surface area contributed by atoms with Crippen molar-refractivity contribution in [2.75, 3.05) is 19.5 Å². The van der Waals surface area contributed by atoms with Crippen molar-refractivity contribution in [2.45, 2.75) is 19.6 Å². The number of methoxy groups -OCH3 is 1. The maximum Gasteiger partial charge on any atom is 0.193 e. The molecule has 0 atom stereocenters. The maximum atomic E-state index is 6.15. The third-order valence-corrected chi connectivity index (χ3v) is 4.70. The van der Waals surface area contributed by atoms with Gasteiger partial charge in [-0.15, -0.1) is 24.0 Å². The van der Waals surface area contributed by atoms with E-state index in [4.69, 9.17) is 26.5 Å². The summed E-state index contributed by atoms with van der Waals surface area (Å²) >= 11 is 6.15. The molecule has 8 heteroatoms. The van der Waals surface area contributed by atoms with E-state index in [9.17, 15) is 0 Å². The summed E-state index contributed by atoms with van der Waals surface area (Å²) in [7, 11) is 3.64. The second-order valence-corrected chi connectivity index (χ2v) is 7.10. The van der Waals surface area contributed by atoms with Crippen molar-refractivity contribution in [3.05, 3.63) is 82.8 Å². The van der Waals surface area contributed by atoms with Gasteiger partial charge >= 0.3 is 0 Å². The third-order valence-electron chi connectivity index (χ3n) is 4.41. The van der Waals surface area contributed by atoms with Crippen LogP contribution < -0.4 is 15.8 Å². The fourth-order valence-corrected chi connectivity index (χ4v) is 3.24. The zero-order valence-corrected chi connectivity index (χ0v) is 20.1. The van der Waals surface area contributed by atoms with E-state index in [0.717, 1.165) is 30.1 Å². The number of nitrogens with zero attached hydrogens (tertiary/aromatic N) is 2. The Morgan fingerprint density at radius 3 is 2.57 bits per heavy atom. The minimum absolute atomic E-state index is 0. The van der Waals surface area contributed by atoms with Crippen molar-refractivity contribution in [3.63, 3.8) is 0 Å². The predicted octanol–water partition coefficient (Wildman–Crippen LogP) is 5.12. The Kier molecular flexibility index (Phi) is 9.48. The van der Waals surface area contributed by atoms with E-state index in [2.05, 4.69) is 34.4 Å². The van der Waals surface area contributed by atoms with E-state index in [0.29, 0.717) is 23.3 Å². The first-order valence-electron chi connectivity index (χ1n) is 9.23. The van der Waals surface area contributed by atoms with Gasteiger partial charge in [0.15, 0.2) is 5.96 Å². The number of furan rings is 1. The first-order valence-corrected chi connectivity index (χ1v) is 9.61. The fraction of sp³-hybridized carbons (Fsp3) is 0.227. The summed E-state index contributed by atoms with van der Waals surface area (Å²) in [6.45, 7) is 2.01. The standard InChI is InChI=1S/C22H25ClN4O2.HI/c1-27(15-19-8-5-11-29-19)14-17-7-4-3-6-16(17)13-25-22(24)26-18-9-10-21(28-2)20(23)12-18;/h3-12H,13-15H2,1-2H3,(H3,24,25,26);1H. The molecule has 0 amide bonds. The van der Waals surface area contributed by atoms with E-state index in [1.54, 1.807) is 25.5 Å². The van der Waals surface area contributed by atoms with E-state index < -0.39 is 0 Å². The predicted molar refractivity (Wildman–Crippen MR) is 133 cm³/mol. The summed E-state index contributed by atoms with van der Waals surface area (Å²) in [5.41, 5.74) is 9.13. The molecule has 0 radical (unpaired) electrons. The van der Waals surface area contributed by atoms with Crippen LogP contribution in [0.4, 0.5) is 5.69 Å². The molecule has 3 N–H and O–H groups in total. The molecule has 0 aliphatic carbocycles. The summed E-state index contributed by atoms with van der Waals surface area (Å²) in [6, 6.07) is 17.5. The first-order chi connectivity index (χ1) is 14.0. The van der Waals surface area contributed by atoms with Gasteiger partial charge in [-0.2, -0.15) is 0 Å². The molecule has 0 aliphatic heterocycles. The molecule has 0 aliphatic rings. The lowest BCUT2D eigenvalue weighted by atomic mass is 10.1. The zero-order valence-electron chi connectivity index (χ0n) is 17.0. The number of anilines is 1. The van der Waals surface area contributed by atoms with E-state index in [1.165, 1.54) is 5.56 Å². The maximum absolute atomic E-state index is 6.15. The Morgan fingerprint density at radius 2 is 1.90 bits per heavy atom. The Hall–Kier alpha value is -2.23. The number of rotatable bonds is 8. The highest BCUT2D eigenvalue weighted by molar-refractivity contribution is 14.0. The molecule has 1 aromatic heterocycles. The summed E-state index contributed by atoms with van der Waals surface area (Å²) in [5, 5.41) is 3.57. The number of guanidine groups is 1. The molecule has 0 fully saturated rings. The zero-order chi connectivity index (χ0) is 20.6. The average Bonchev–Trinajstić information content (AvgIpc) is 3.20. The van der Waals surface area contributed by atoms with Crippen molar-refractivity contribution >= 4 is 47.2 Å². The van der Waals surface area contributed by atoms with Crippen LogP contribution in [0.3, 0.4) is 0 Å². The normalized spacial score (nSPS) is 11.3. The largest absolute Gasteiger partial charge is 0.495 e. The van der Waals surface area contributed by atoms with Crippen LogP contribution in [0.2, 0.25) is 5.02 Å². The van der Waals surface area contributed by atoms with E-state index in [-0.39, 0.29) is 24.0 Å². The van der Waals surface area contributed by atoms with Crippen LogP contribution in [0.5, 0.6) is 5.75 Å². The number of aliphatic imine (C=N–C) groups is 1. The molecule has 0 bridgehead atoms. The average molecular weight is 541 g/mol. The SMILES string of the molecule is COc1ccc(NC(N)=NCc2ccccc2CN(C)Cc2ccco2)cc1Cl.I. The molecule has 30 heavy (non-hydrogen) atoms. The van der Waals surface area contributed by atoms with E-state index >= 15 is 0 Å². The topological polar surface area (TPSA) is 76.0 Å². The molecular weight excluding hydrogens is 515 g/mol. The van der Waals surface area contributed by atoms with Gasteiger partial charge in [0.1, 0.15) is 11.5 Å². The molecule has 160 valence electrons. The van der Waals surface area contributed by atoms with Crippen molar-refractivity contribution < 1.29 is 9.15 Å². The number of hydrogen-bond donors (Lipinski definition) is 2. The lowest BCUT2D eigenvalue weighted by Gasteiger charge is -2.17. The van der Waals surface area contributed by atoms with Crippen LogP contribution >= 0.6 is 35.6 Å². The van der Waals surface area contributed by atoms with Gasteiger partial charge in [0, 0.05) is 12.2 Å². The van der Waals surface area contributed by atoms with Gasteiger partial charge in [0.05, 0.1) is 31.5 Å². The van der Waals surface area contributed by atoms with Crippen molar-refractivity contribution in [3.8, 4) is 5.75 Å². The lowest BCUT2D eigenvalue weighted by molar-refractivity contribution is 0.287. The molecule has 6 nitrogen and oxygen atoms in total. The van der Waals surface area contributed by atoms with Gasteiger partial charge in [0.25, 0.3) is 0 Å². The molecular formula is C22H26ClIN4O2. The number of ether oxygens (including phenoxy) is 1. The van der Waals surface area contributed by atoms with Gasteiger partial charge < -0.3 is 20.2 Å². The molecule has 3 rings (SSSR count). The summed E-state index contributed by atoms with van der Waals surface area (Å²) < 4.78 is 10.6. The lowest BCUT2D eigenvalue weighted by Crippen LogP contribution is -2.23. The monoisotopic (exact) mass is 540 g/mol. The Labute approximate surface area is 199 Å². The van der Waals surface area contributed by atoms with Crippen LogP contribution in [0.1, 0.15) is 16.9 Å². The second kappa shape index (κ2) is 11.8.